The van der Waals surface area contributed by atoms with Crippen LogP contribution in [0.2, 0.25) is 0 Å². The second-order valence-electron chi connectivity index (χ2n) is 6.34. The van der Waals surface area contributed by atoms with Gasteiger partial charge in [0.05, 0.1) is 6.04 Å². The number of rotatable bonds is 6. The van der Waals surface area contributed by atoms with Gasteiger partial charge in [-0.2, -0.15) is 0 Å². The minimum atomic E-state index is -0.127. The van der Waals surface area contributed by atoms with E-state index in [-0.39, 0.29) is 17.9 Å². The van der Waals surface area contributed by atoms with Crippen molar-refractivity contribution in [3.63, 3.8) is 0 Å². The zero-order chi connectivity index (χ0) is 17.5. The van der Waals surface area contributed by atoms with Gasteiger partial charge in [0, 0.05) is 6.42 Å². The van der Waals surface area contributed by atoms with Gasteiger partial charge in [0.2, 0.25) is 5.91 Å². The van der Waals surface area contributed by atoms with Crippen LogP contribution in [0.3, 0.4) is 0 Å². The van der Waals surface area contributed by atoms with Crippen molar-refractivity contribution in [3.8, 4) is 0 Å². The lowest BCUT2D eigenvalue weighted by atomic mass is 9.95. The number of nitrogens with one attached hydrogen (secondary N) is 1. The molecule has 25 heavy (non-hydrogen) atoms. The molecule has 1 N–H and O–H groups in total. The van der Waals surface area contributed by atoms with Crippen LogP contribution in [0.4, 0.5) is 0 Å². The van der Waals surface area contributed by atoms with Crippen LogP contribution in [0.1, 0.15) is 42.0 Å². The van der Waals surface area contributed by atoms with E-state index in [9.17, 15) is 4.79 Å². The molecule has 0 fully saturated rings. The number of carbonyl (C=O) groups is 1. The van der Waals surface area contributed by atoms with Gasteiger partial charge in [-0.25, -0.2) is 0 Å². The molecule has 0 aliphatic heterocycles. The third kappa shape index (κ3) is 4.57. The largest absolute Gasteiger partial charge is 0.345 e. The summed E-state index contributed by atoms with van der Waals surface area (Å²) >= 11 is 0. The Bertz CT molecular complexity index is 745. The topological polar surface area (TPSA) is 29.1 Å². The molecule has 2 heteroatoms. The molecule has 3 rings (SSSR count). The summed E-state index contributed by atoms with van der Waals surface area (Å²) in [6.07, 6.45) is 0.472. The van der Waals surface area contributed by atoms with Crippen LogP contribution in [0.25, 0.3) is 0 Å². The SMILES string of the molecule is C[C@H](CC(=O)NC(c1ccccc1)c1ccccc1)c1ccccc1. The molecule has 0 aliphatic carbocycles. The van der Waals surface area contributed by atoms with Crippen LogP contribution in [0, 0.1) is 0 Å². The van der Waals surface area contributed by atoms with Crippen molar-refractivity contribution in [1.29, 1.82) is 0 Å². The van der Waals surface area contributed by atoms with Gasteiger partial charge in [-0.3, -0.25) is 4.79 Å². The van der Waals surface area contributed by atoms with Gasteiger partial charge in [0.15, 0.2) is 0 Å². The summed E-state index contributed by atoms with van der Waals surface area (Å²) in [5, 5.41) is 3.21. The Hall–Kier alpha value is -2.87. The van der Waals surface area contributed by atoms with Crippen LogP contribution in [0.5, 0.6) is 0 Å². The molecule has 0 heterocycles. The van der Waals surface area contributed by atoms with E-state index < -0.39 is 0 Å². The van der Waals surface area contributed by atoms with Gasteiger partial charge in [0.25, 0.3) is 0 Å². The number of benzene rings is 3. The highest BCUT2D eigenvalue weighted by Crippen LogP contribution is 2.23. The number of amides is 1. The van der Waals surface area contributed by atoms with Crippen LogP contribution in [-0.4, -0.2) is 5.91 Å². The highest BCUT2D eigenvalue weighted by atomic mass is 16.1. The molecule has 2 nitrogen and oxygen atoms in total. The normalized spacial score (nSPS) is 11.9. The van der Waals surface area contributed by atoms with Gasteiger partial charge >= 0.3 is 0 Å². The molecule has 0 aromatic heterocycles. The van der Waals surface area contributed by atoms with E-state index in [2.05, 4.69) is 48.6 Å². The minimum Gasteiger partial charge on any atom is -0.345 e. The van der Waals surface area contributed by atoms with Crippen LogP contribution < -0.4 is 5.32 Å². The van der Waals surface area contributed by atoms with Crippen LogP contribution >= 0.6 is 0 Å². The Morgan fingerprint density at radius 3 is 1.56 bits per heavy atom. The lowest BCUT2D eigenvalue weighted by molar-refractivity contribution is -0.121. The standard InChI is InChI=1S/C23H23NO/c1-18(19-11-5-2-6-12-19)17-22(25)24-23(20-13-7-3-8-14-20)21-15-9-4-10-16-21/h2-16,18,23H,17H2,1H3,(H,24,25)/t18-/m1/s1. The molecule has 0 saturated carbocycles. The van der Waals surface area contributed by atoms with E-state index in [4.69, 9.17) is 0 Å². The first-order chi connectivity index (χ1) is 12.2. The molecule has 0 spiro atoms. The molecule has 1 amide bonds. The average Bonchev–Trinajstić information content (AvgIpc) is 2.68. The van der Waals surface area contributed by atoms with E-state index in [1.807, 2.05) is 54.6 Å². The molecule has 0 unspecified atom stereocenters. The third-order valence-electron chi connectivity index (χ3n) is 4.43. The minimum absolute atomic E-state index is 0.0639. The fraction of sp³-hybridized carbons (Fsp3) is 0.174. The van der Waals surface area contributed by atoms with Gasteiger partial charge in [-0.05, 0) is 22.6 Å². The maximum atomic E-state index is 12.7. The molecule has 0 radical (unpaired) electrons. The van der Waals surface area contributed by atoms with Gasteiger partial charge in [-0.15, -0.1) is 0 Å². The Balaban J connectivity index is 1.75. The van der Waals surface area contributed by atoms with E-state index in [1.165, 1.54) is 5.56 Å². The summed E-state index contributed by atoms with van der Waals surface area (Å²) in [5.41, 5.74) is 3.37. The molecular weight excluding hydrogens is 306 g/mol. The molecule has 3 aromatic carbocycles. The quantitative estimate of drug-likeness (QED) is 0.671. The van der Waals surface area contributed by atoms with Crippen LogP contribution in [0.15, 0.2) is 91.0 Å². The monoisotopic (exact) mass is 329 g/mol. The number of hydrogen-bond donors (Lipinski definition) is 1. The van der Waals surface area contributed by atoms with Crippen molar-refractivity contribution in [2.24, 2.45) is 0 Å². The fourth-order valence-electron chi connectivity index (χ4n) is 3.05. The third-order valence-corrected chi connectivity index (χ3v) is 4.43. The Morgan fingerprint density at radius 1 is 0.720 bits per heavy atom. The molecule has 3 aromatic rings. The second-order valence-corrected chi connectivity index (χ2v) is 6.34. The lowest BCUT2D eigenvalue weighted by Gasteiger charge is -2.21. The molecule has 0 aliphatic rings. The number of carbonyl (C=O) groups excluding carboxylic acids is 1. The first-order valence-corrected chi connectivity index (χ1v) is 8.68. The molecule has 0 saturated heterocycles. The van der Waals surface area contributed by atoms with Crippen LogP contribution in [-0.2, 0) is 4.79 Å². The van der Waals surface area contributed by atoms with E-state index in [0.29, 0.717) is 6.42 Å². The zero-order valence-electron chi connectivity index (χ0n) is 14.4. The predicted molar refractivity (Wildman–Crippen MR) is 102 cm³/mol. The Kier molecular flexibility index (Phi) is 5.63. The summed E-state index contributed by atoms with van der Waals surface area (Å²) in [6, 6.07) is 30.3. The first-order valence-electron chi connectivity index (χ1n) is 8.68. The molecule has 1 atom stereocenters. The van der Waals surface area contributed by atoms with Crippen molar-refractivity contribution in [2.75, 3.05) is 0 Å². The van der Waals surface area contributed by atoms with E-state index in [0.717, 1.165) is 11.1 Å². The molecule has 126 valence electrons. The predicted octanol–water partition coefficient (Wildman–Crippen LogP) is 5.09. The Labute approximate surface area is 149 Å². The highest BCUT2D eigenvalue weighted by molar-refractivity contribution is 5.78. The summed E-state index contributed by atoms with van der Waals surface area (Å²) in [4.78, 5) is 12.7. The zero-order valence-corrected chi connectivity index (χ0v) is 14.4. The van der Waals surface area contributed by atoms with Crippen molar-refractivity contribution >= 4 is 5.91 Å². The summed E-state index contributed by atoms with van der Waals surface area (Å²) < 4.78 is 0. The fourth-order valence-corrected chi connectivity index (χ4v) is 3.05. The van der Waals surface area contributed by atoms with Gasteiger partial charge < -0.3 is 5.32 Å². The van der Waals surface area contributed by atoms with Gasteiger partial charge in [-0.1, -0.05) is 97.9 Å². The average molecular weight is 329 g/mol. The molecular formula is C23H23NO. The maximum Gasteiger partial charge on any atom is 0.221 e. The first kappa shape index (κ1) is 17.0. The lowest BCUT2D eigenvalue weighted by Crippen LogP contribution is -2.30. The van der Waals surface area contributed by atoms with Crippen molar-refractivity contribution in [3.05, 3.63) is 108 Å². The van der Waals surface area contributed by atoms with Gasteiger partial charge in [0.1, 0.15) is 0 Å². The van der Waals surface area contributed by atoms with E-state index >= 15 is 0 Å². The Morgan fingerprint density at radius 2 is 1.12 bits per heavy atom. The number of hydrogen-bond acceptors (Lipinski definition) is 1. The second kappa shape index (κ2) is 8.29. The summed E-state index contributed by atoms with van der Waals surface area (Å²) in [7, 11) is 0. The molecule has 0 bridgehead atoms. The summed E-state index contributed by atoms with van der Waals surface area (Å²) in [6.45, 7) is 2.09. The highest BCUT2D eigenvalue weighted by Gasteiger charge is 2.18. The smallest absolute Gasteiger partial charge is 0.221 e. The van der Waals surface area contributed by atoms with Crippen molar-refractivity contribution in [2.45, 2.75) is 25.3 Å². The van der Waals surface area contributed by atoms with Crippen molar-refractivity contribution < 1.29 is 4.79 Å². The maximum absolute atomic E-state index is 12.7. The summed E-state index contributed by atoms with van der Waals surface area (Å²) in [5.74, 6) is 0.252. The van der Waals surface area contributed by atoms with Crippen molar-refractivity contribution in [1.82, 2.24) is 5.32 Å². The van der Waals surface area contributed by atoms with E-state index in [1.54, 1.807) is 0 Å².